The molecule has 3 heterocycles. The lowest BCUT2D eigenvalue weighted by Crippen LogP contribution is -2.48. The van der Waals surface area contributed by atoms with Gasteiger partial charge in [-0.25, -0.2) is 13.4 Å². The first-order valence-corrected chi connectivity index (χ1v) is 10.8. The van der Waals surface area contributed by atoms with Crippen LogP contribution in [-0.4, -0.2) is 65.9 Å². The summed E-state index contributed by atoms with van der Waals surface area (Å²) in [6.45, 7) is 1.63. The Kier molecular flexibility index (Phi) is 4.62. The number of likely N-dealkylation sites (tertiary alicyclic amines) is 1. The van der Waals surface area contributed by atoms with Gasteiger partial charge < -0.3 is 5.32 Å². The highest BCUT2D eigenvalue weighted by atomic mass is 32.2. The number of para-hydroxylation sites is 2. The van der Waals surface area contributed by atoms with Crippen LogP contribution >= 0.6 is 0 Å². The molecule has 2 aliphatic heterocycles. The number of piperidine rings is 1. The molecule has 138 valence electrons. The summed E-state index contributed by atoms with van der Waals surface area (Å²) in [5.41, 5.74) is 1.80. The monoisotopic (exact) mass is 374 g/mol. The third kappa shape index (κ3) is 3.71. The number of fused-ring (bicyclic) bond motifs is 1. The Labute approximate surface area is 152 Å². The summed E-state index contributed by atoms with van der Waals surface area (Å²) in [4.78, 5) is 23.4. The van der Waals surface area contributed by atoms with Gasteiger partial charge in [-0.3, -0.25) is 14.7 Å². The fraction of sp³-hybridized carbons (Fsp3) is 0.500. The van der Waals surface area contributed by atoms with Crippen molar-refractivity contribution in [2.75, 3.05) is 24.6 Å². The van der Waals surface area contributed by atoms with Gasteiger partial charge in [0, 0.05) is 25.2 Å². The SMILES string of the molecule is O=C(NC1CCN([C@H]2CCS(=O)(=O)C2)CC1)c1cnc2ccccc2n1. The molecular formula is C18H22N4O3S. The van der Waals surface area contributed by atoms with E-state index in [-0.39, 0.29) is 23.7 Å². The van der Waals surface area contributed by atoms with Crippen LogP contribution in [0.4, 0.5) is 0 Å². The van der Waals surface area contributed by atoms with Crippen molar-refractivity contribution in [2.24, 2.45) is 0 Å². The molecule has 2 fully saturated rings. The van der Waals surface area contributed by atoms with Gasteiger partial charge in [-0.05, 0) is 31.4 Å². The van der Waals surface area contributed by atoms with Crippen molar-refractivity contribution in [3.8, 4) is 0 Å². The molecule has 1 amide bonds. The Morgan fingerprint density at radius 3 is 2.54 bits per heavy atom. The van der Waals surface area contributed by atoms with Crippen molar-refractivity contribution >= 4 is 26.8 Å². The Balaban J connectivity index is 1.34. The van der Waals surface area contributed by atoms with Gasteiger partial charge in [0.15, 0.2) is 9.84 Å². The normalized spacial score (nSPS) is 23.9. The molecule has 1 aromatic heterocycles. The van der Waals surface area contributed by atoms with Crippen LogP contribution < -0.4 is 5.32 Å². The van der Waals surface area contributed by atoms with E-state index in [9.17, 15) is 13.2 Å². The van der Waals surface area contributed by atoms with E-state index in [1.54, 1.807) is 0 Å². The number of sulfone groups is 1. The zero-order valence-electron chi connectivity index (χ0n) is 14.5. The number of amides is 1. The lowest BCUT2D eigenvalue weighted by Gasteiger charge is -2.35. The molecule has 26 heavy (non-hydrogen) atoms. The summed E-state index contributed by atoms with van der Waals surface area (Å²) in [7, 11) is -2.86. The predicted octanol–water partition coefficient (Wildman–Crippen LogP) is 1.01. The number of nitrogens with zero attached hydrogens (tertiary/aromatic N) is 3. The average Bonchev–Trinajstić information content (AvgIpc) is 3.02. The second-order valence-corrected chi connectivity index (χ2v) is 9.31. The van der Waals surface area contributed by atoms with Gasteiger partial charge in [0.2, 0.25) is 0 Å². The molecular weight excluding hydrogens is 352 g/mol. The maximum atomic E-state index is 12.5. The van der Waals surface area contributed by atoms with Crippen LogP contribution in [0.15, 0.2) is 30.5 Å². The fourth-order valence-electron chi connectivity index (χ4n) is 3.80. The van der Waals surface area contributed by atoms with E-state index in [1.807, 2.05) is 24.3 Å². The van der Waals surface area contributed by atoms with Gasteiger partial charge >= 0.3 is 0 Å². The number of carbonyl (C=O) groups is 1. The summed E-state index contributed by atoms with van der Waals surface area (Å²) >= 11 is 0. The number of hydrogen-bond acceptors (Lipinski definition) is 6. The molecule has 7 nitrogen and oxygen atoms in total. The third-order valence-corrected chi connectivity index (χ3v) is 7.02. The lowest BCUT2D eigenvalue weighted by atomic mass is 10.0. The topological polar surface area (TPSA) is 92.3 Å². The van der Waals surface area contributed by atoms with Crippen LogP contribution in [0.5, 0.6) is 0 Å². The van der Waals surface area contributed by atoms with Crippen LogP contribution in [-0.2, 0) is 9.84 Å². The molecule has 0 radical (unpaired) electrons. The minimum absolute atomic E-state index is 0.0880. The second kappa shape index (κ2) is 6.92. The van der Waals surface area contributed by atoms with Crippen LogP contribution in [0.2, 0.25) is 0 Å². The van der Waals surface area contributed by atoms with Crippen molar-refractivity contribution < 1.29 is 13.2 Å². The minimum Gasteiger partial charge on any atom is -0.348 e. The lowest BCUT2D eigenvalue weighted by molar-refractivity contribution is 0.0893. The molecule has 0 saturated carbocycles. The van der Waals surface area contributed by atoms with E-state index in [4.69, 9.17) is 0 Å². The minimum atomic E-state index is -2.86. The largest absolute Gasteiger partial charge is 0.348 e. The van der Waals surface area contributed by atoms with E-state index in [0.717, 1.165) is 37.9 Å². The first kappa shape index (κ1) is 17.4. The summed E-state index contributed by atoms with van der Waals surface area (Å²) in [5, 5.41) is 3.04. The van der Waals surface area contributed by atoms with Crippen molar-refractivity contribution in [3.05, 3.63) is 36.2 Å². The molecule has 1 N–H and O–H groups in total. The van der Waals surface area contributed by atoms with Crippen molar-refractivity contribution in [1.29, 1.82) is 0 Å². The summed E-state index contributed by atoms with van der Waals surface area (Å²) in [6, 6.07) is 7.70. The van der Waals surface area contributed by atoms with Crippen LogP contribution in [0.25, 0.3) is 11.0 Å². The van der Waals surface area contributed by atoms with Crippen LogP contribution in [0, 0.1) is 0 Å². The smallest absolute Gasteiger partial charge is 0.271 e. The maximum Gasteiger partial charge on any atom is 0.271 e. The number of hydrogen-bond donors (Lipinski definition) is 1. The van der Waals surface area contributed by atoms with Gasteiger partial charge in [0.1, 0.15) is 5.69 Å². The Hall–Kier alpha value is -2.06. The van der Waals surface area contributed by atoms with Gasteiger partial charge in [0.05, 0.1) is 28.7 Å². The second-order valence-electron chi connectivity index (χ2n) is 7.08. The van der Waals surface area contributed by atoms with Gasteiger partial charge in [-0.1, -0.05) is 12.1 Å². The summed E-state index contributed by atoms with van der Waals surface area (Å²) in [6.07, 6.45) is 3.88. The highest BCUT2D eigenvalue weighted by Gasteiger charge is 2.34. The van der Waals surface area contributed by atoms with E-state index in [2.05, 4.69) is 20.2 Å². The molecule has 2 aliphatic rings. The van der Waals surface area contributed by atoms with Crippen molar-refractivity contribution in [3.63, 3.8) is 0 Å². The zero-order valence-corrected chi connectivity index (χ0v) is 15.3. The van der Waals surface area contributed by atoms with E-state index < -0.39 is 9.84 Å². The molecule has 8 heteroatoms. The fourth-order valence-corrected chi connectivity index (χ4v) is 5.56. The number of aromatic nitrogens is 2. The van der Waals surface area contributed by atoms with Crippen LogP contribution in [0.1, 0.15) is 29.8 Å². The molecule has 0 spiro atoms. The molecule has 1 atom stereocenters. The Morgan fingerprint density at radius 2 is 1.85 bits per heavy atom. The van der Waals surface area contributed by atoms with Crippen molar-refractivity contribution in [2.45, 2.75) is 31.3 Å². The van der Waals surface area contributed by atoms with Crippen molar-refractivity contribution in [1.82, 2.24) is 20.2 Å². The molecule has 4 rings (SSSR count). The van der Waals surface area contributed by atoms with Gasteiger partial charge in [-0.2, -0.15) is 0 Å². The van der Waals surface area contributed by atoms with E-state index >= 15 is 0 Å². The number of benzene rings is 1. The predicted molar refractivity (Wildman–Crippen MR) is 98.7 cm³/mol. The molecule has 0 aliphatic carbocycles. The maximum absolute atomic E-state index is 12.5. The summed E-state index contributed by atoms with van der Waals surface area (Å²) in [5.74, 6) is 0.372. The van der Waals surface area contributed by atoms with E-state index in [0.29, 0.717) is 17.0 Å². The highest BCUT2D eigenvalue weighted by molar-refractivity contribution is 7.91. The molecule has 0 unspecified atom stereocenters. The molecule has 1 aromatic carbocycles. The Morgan fingerprint density at radius 1 is 1.12 bits per heavy atom. The number of carbonyl (C=O) groups excluding carboxylic acids is 1. The van der Waals surface area contributed by atoms with E-state index in [1.165, 1.54) is 6.20 Å². The van der Waals surface area contributed by atoms with Crippen LogP contribution in [0.3, 0.4) is 0 Å². The molecule has 0 bridgehead atoms. The van der Waals surface area contributed by atoms with Gasteiger partial charge in [0.25, 0.3) is 5.91 Å². The van der Waals surface area contributed by atoms with Gasteiger partial charge in [-0.15, -0.1) is 0 Å². The molecule has 2 aromatic rings. The number of nitrogens with one attached hydrogen (secondary N) is 1. The highest BCUT2D eigenvalue weighted by Crippen LogP contribution is 2.22. The first-order chi connectivity index (χ1) is 12.5. The number of rotatable bonds is 3. The average molecular weight is 374 g/mol. The summed E-state index contributed by atoms with van der Waals surface area (Å²) < 4.78 is 23.3. The quantitative estimate of drug-likeness (QED) is 0.862. The third-order valence-electron chi connectivity index (χ3n) is 5.27. The zero-order chi connectivity index (χ0) is 18.1. The first-order valence-electron chi connectivity index (χ1n) is 8.97. The molecule has 2 saturated heterocycles. The Bertz CT molecular complexity index is 923. The standard InChI is InChI=1S/C18H22N4O3S/c23-18(17-11-19-15-3-1-2-4-16(15)21-17)20-13-5-8-22(9-6-13)14-7-10-26(24,25)12-14/h1-4,11,13-14H,5-10,12H2,(H,20,23)/t14-/m0/s1.